The van der Waals surface area contributed by atoms with E-state index in [0.29, 0.717) is 0 Å². The number of hydrogen-bond donors (Lipinski definition) is 12. The molecular weight excluding hydrogens is 461 g/mol. The van der Waals surface area contributed by atoms with Crippen LogP contribution in [0, 0.1) is 0 Å². The Hall–Kier alpha value is -2.27. The van der Waals surface area contributed by atoms with E-state index in [1.165, 1.54) is 0 Å². The van der Waals surface area contributed by atoms with E-state index in [1.54, 1.807) is 5.48 Å². The SMILES string of the molecule is [B]C(C(=O)OC(O)C(O)C(OC(C)n1ccc(NO)nc1=O)C(O)O)(C(O)(O)O)C(O)(O)O. The molecule has 0 aliphatic rings. The molecule has 0 aliphatic heterocycles. The average molecular weight is 483 g/mol. The molecule has 1 aromatic rings. The number of carbonyl (C=O) groups excluding carboxylic acids is 1. The van der Waals surface area contributed by atoms with Crippen molar-refractivity contribution in [2.75, 3.05) is 5.48 Å². The largest absolute Gasteiger partial charge is 0.433 e. The van der Waals surface area contributed by atoms with Crippen molar-refractivity contribution in [3.63, 3.8) is 0 Å². The van der Waals surface area contributed by atoms with Crippen molar-refractivity contribution in [2.24, 2.45) is 0 Å². The van der Waals surface area contributed by atoms with Gasteiger partial charge in [-0.1, -0.05) is 0 Å². The average Bonchev–Trinajstić information content (AvgIpc) is 2.68. The van der Waals surface area contributed by atoms with Gasteiger partial charge < -0.3 is 60.5 Å². The van der Waals surface area contributed by atoms with Crippen LogP contribution in [0.3, 0.4) is 0 Å². The Labute approximate surface area is 184 Å². The molecule has 0 amide bonds. The maximum atomic E-state index is 12.0. The molecule has 19 heteroatoms. The minimum atomic E-state index is -4.56. The maximum absolute atomic E-state index is 12.0. The lowest BCUT2D eigenvalue weighted by atomic mass is 9.64. The number of ether oxygens (including phenoxy) is 2. The van der Waals surface area contributed by atoms with E-state index in [0.717, 1.165) is 23.8 Å². The van der Waals surface area contributed by atoms with Crippen molar-refractivity contribution < 1.29 is 70.5 Å². The normalized spacial score (nSPS) is 16.8. The highest BCUT2D eigenvalue weighted by Gasteiger charge is 2.65. The van der Waals surface area contributed by atoms with Crippen LogP contribution < -0.4 is 11.2 Å². The van der Waals surface area contributed by atoms with Gasteiger partial charge in [-0.25, -0.2) is 4.79 Å². The van der Waals surface area contributed by atoms with Crippen LogP contribution in [-0.2, 0) is 14.3 Å². The number of esters is 1. The molecule has 0 spiro atoms. The number of carbonyl (C=O) groups is 1. The summed E-state index contributed by atoms with van der Waals surface area (Å²) in [6.07, 6.45) is -10.8. The van der Waals surface area contributed by atoms with Crippen molar-refractivity contribution in [3.8, 4) is 0 Å². The van der Waals surface area contributed by atoms with Gasteiger partial charge in [-0.3, -0.25) is 20.0 Å². The standard InChI is InChI=1S/C14H22BN3O15/c1-4(18-3-2-5(17-31)16-11(18)24)32-7(8(20)21)6(19)9(22)33-10(23)12(15,13(25,26)27)14(28,29)30/h2-4,6-9,19-22,25-31H,1H3,(H,16,17,24). The molecule has 0 bridgehead atoms. The molecule has 1 rings (SSSR count). The number of aliphatic hydroxyl groups is 10. The summed E-state index contributed by atoms with van der Waals surface area (Å²) in [6.45, 7) is 1.13. The van der Waals surface area contributed by atoms with Crippen LogP contribution in [0.2, 0.25) is 5.31 Å². The molecule has 1 heterocycles. The van der Waals surface area contributed by atoms with Crippen LogP contribution in [0.25, 0.3) is 0 Å². The van der Waals surface area contributed by atoms with Crippen LogP contribution in [0.5, 0.6) is 0 Å². The highest BCUT2D eigenvalue weighted by molar-refractivity contribution is 6.28. The summed E-state index contributed by atoms with van der Waals surface area (Å²) in [4.78, 5) is 27.2. The van der Waals surface area contributed by atoms with Crippen LogP contribution in [0.1, 0.15) is 13.2 Å². The molecule has 0 saturated carbocycles. The second-order valence-corrected chi connectivity index (χ2v) is 6.59. The number of nitrogens with zero attached hydrogens (tertiary/aromatic N) is 2. The van der Waals surface area contributed by atoms with Crippen LogP contribution in [-0.4, -0.2) is 116 Å². The second kappa shape index (κ2) is 10.3. The van der Waals surface area contributed by atoms with Crippen LogP contribution in [0.15, 0.2) is 17.1 Å². The Morgan fingerprint density at radius 3 is 2.03 bits per heavy atom. The molecule has 12 N–H and O–H groups in total. The Bertz CT molecular complexity index is 853. The first-order chi connectivity index (χ1) is 14.9. The fraction of sp³-hybridized carbons (Fsp3) is 0.643. The molecule has 186 valence electrons. The highest BCUT2D eigenvalue weighted by Crippen LogP contribution is 2.42. The summed E-state index contributed by atoms with van der Waals surface area (Å²) in [5.41, 5.74) is 0.564. The molecule has 18 nitrogen and oxygen atoms in total. The van der Waals surface area contributed by atoms with Gasteiger partial charge >= 0.3 is 11.7 Å². The van der Waals surface area contributed by atoms with Gasteiger partial charge in [0.05, 0.1) is 0 Å². The zero-order valence-corrected chi connectivity index (χ0v) is 16.6. The smallest absolute Gasteiger partial charge is 0.351 e. The summed E-state index contributed by atoms with van der Waals surface area (Å²) < 4.78 is 9.84. The molecular formula is C14H22BN3O15. The van der Waals surface area contributed by atoms with E-state index in [4.69, 9.17) is 48.4 Å². The summed E-state index contributed by atoms with van der Waals surface area (Å²) in [5, 5.41) is 97.8. The van der Waals surface area contributed by atoms with Crippen molar-refractivity contribution in [3.05, 3.63) is 22.7 Å². The van der Waals surface area contributed by atoms with Gasteiger partial charge in [0.2, 0.25) is 6.29 Å². The van der Waals surface area contributed by atoms with Gasteiger partial charge in [0.25, 0.3) is 11.9 Å². The molecule has 0 aliphatic carbocycles. The Morgan fingerprint density at radius 2 is 1.64 bits per heavy atom. The van der Waals surface area contributed by atoms with Gasteiger partial charge in [0.1, 0.15) is 26.3 Å². The number of aromatic nitrogens is 2. The van der Waals surface area contributed by atoms with Crippen molar-refractivity contribution in [1.29, 1.82) is 0 Å². The summed E-state index contributed by atoms with van der Waals surface area (Å²) in [7, 11) is 4.91. The molecule has 0 saturated heterocycles. The van der Waals surface area contributed by atoms with Gasteiger partial charge in [-0.05, 0) is 13.0 Å². The number of rotatable bonds is 11. The van der Waals surface area contributed by atoms with Crippen molar-refractivity contribution in [1.82, 2.24) is 9.55 Å². The lowest BCUT2D eigenvalue weighted by Crippen LogP contribution is -2.63. The summed E-state index contributed by atoms with van der Waals surface area (Å²) >= 11 is 0. The molecule has 1 aromatic heterocycles. The topological polar surface area (TPSA) is 305 Å². The molecule has 0 fully saturated rings. The second-order valence-electron chi connectivity index (χ2n) is 6.59. The maximum Gasteiger partial charge on any atom is 0.351 e. The zero-order valence-electron chi connectivity index (χ0n) is 16.6. The molecule has 33 heavy (non-hydrogen) atoms. The monoisotopic (exact) mass is 483 g/mol. The first-order valence-electron chi connectivity index (χ1n) is 8.59. The van der Waals surface area contributed by atoms with Gasteiger partial charge in [-0.15, -0.1) is 0 Å². The molecule has 4 unspecified atom stereocenters. The van der Waals surface area contributed by atoms with E-state index in [9.17, 15) is 30.0 Å². The van der Waals surface area contributed by atoms with Gasteiger partial charge in [0, 0.05) is 6.20 Å². The zero-order chi connectivity index (χ0) is 25.9. The molecule has 0 aromatic carbocycles. The molecule has 4 atom stereocenters. The van der Waals surface area contributed by atoms with Crippen molar-refractivity contribution >= 4 is 19.6 Å². The van der Waals surface area contributed by atoms with Crippen molar-refractivity contribution in [2.45, 2.75) is 55.2 Å². The quantitative estimate of drug-likeness (QED) is 0.0602. The summed E-state index contributed by atoms with van der Waals surface area (Å²) in [6, 6.07) is 1.09. The fourth-order valence-corrected chi connectivity index (χ4v) is 2.31. The van der Waals surface area contributed by atoms with Gasteiger partial charge in [-0.2, -0.15) is 4.98 Å². The first kappa shape index (κ1) is 28.8. The van der Waals surface area contributed by atoms with E-state index < -0.39 is 59.9 Å². The van der Waals surface area contributed by atoms with E-state index in [1.807, 2.05) is 0 Å². The highest BCUT2D eigenvalue weighted by atomic mass is 16.7. The predicted octanol–water partition coefficient (Wildman–Crippen LogP) is -6.93. The summed E-state index contributed by atoms with van der Waals surface area (Å²) in [5.74, 6) is -11.9. The first-order valence-corrected chi connectivity index (χ1v) is 8.59. The third-order valence-electron chi connectivity index (χ3n) is 4.22. The predicted molar refractivity (Wildman–Crippen MR) is 97.0 cm³/mol. The Morgan fingerprint density at radius 1 is 1.12 bits per heavy atom. The minimum Gasteiger partial charge on any atom is -0.433 e. The van der Waals surface area contributed by atoms with E-state index in [2.05, 4.69) is 9.72 Å². The fourth-order valence-electron chi connectivity index (χ4n) is 2.31. The third kappa shape index (κ3) is 6.20. The number of hydrogen-bond acceptors (Lipinski definition) is 17. The Kier molecular flexibility index (Phi) is 9.01. The lowest BCUT2D eigenvalue weighted by Gasteiger charge is -2.41. The lowest BCUT2D eigenvalue weighted by molar-refractivity contribution is -0.423. The minimum absolute atomic E-state index is 0.254. The third-order valence-corrected chi connectivity index (χ3v) is 4.22. The number of nitrogens with one attached hydrogen (secondary N) is 1. The van der Waals surface area contributed by atoms with Gasteiger partial charge in [0.15, 0.2) is 17.4 Å². The van der Waals surface area contributed by atoms with E-state index >= 15 is 0 Å². The number of anilines is 1. The Balaban J connectivity index is 3.09. The molecule has 2 radical (unpaired) electrons. The number of aliphatic hydroxyl groups excluding tert-OH is 3. The van der Waals surface area contributed by atoms with Crippen LogP contribution >= 0.6 is 0 Å². The van der Waals surface area contributed by atoms with E-state index in [-0.39, 0.29) is 5.82 Å². The van der Waals surface area contributed by atoms with Crippen LogP contribution in [0.4, 0.5) is 5.82 Å².